The van der Waals surface area contributed by atoms with Crippen LogP contribution in [-0.4, -0.2) is 0 Å². The summed E-state index contributed by atoms with van der Waals surface area (Å²) in [5, 5.41) is 1.66. The molecule has 0 saturated carbocycles. The SMILES string of the molecule is Fc1ccc(CBr)cc1-c1cc(Cl)cc(Cl)c1Cl. The van der Waals surface area contributed by atoms with Gasteiger partial charge >= 0.3 is 0 Å². The van der Waals surface area contributed by atoms with E-state index in [1.807, 2.05) is 0 Å². The lowest BCUT2D eigenvalue weighted by atomic mass is 10.0. The van der Waals surface area contributed by atoms with E-state index in [1.54, 1.807) is 18.2 Å². The molecule has 2 aromatic carbocycles. The van der Waals surface area contributed by atoms with E-state index in [-0.39, 0.29) is 5.82 Å². The first-order chi connectivity index (χ1) is 8.52. The van der Waals surface area contributed by atoms with Crippen LogP contribution >= 0.6 is 50.7 Å². The van der Waals surface area contributed by atoms with E-state index in [0.717, 1.165) is 5.56 Å². The molecule has 0 aromatic heterocycles. The normalized spacial score (nSPS) is 10.7. The predicted octanol–water partition coefficient (Wildman–Crippen LogP) is 6.35. The highest BCUT2D eigenvalue weighted by Gasteiger charge is 2.13. The van der Waals surface area contributed by atoms with E-state index in [2.05, 4.69) is 15.9 Å². The Morgan fingerprint density at radius 2 is 1.72 bits per heavy atom. The molecule has 0 spiro atoms. The third-order valence-electron chi connectivity index (χ3n) is 2.47. The van der Waals surface area contributed by atoms with E-state index < -0.39 is 0 Å². The largest absolute Gasteiger partial charge is 0.206 e. The number of benzene rings is 2. The van der Waals surface area contributed by atoms with Crippen LogP contribution in [0.4, 0.5) is 4.39 Å². The number of hydrogen-bond acceptors (Lipinski definition) is 0. The molecule has 2 rings (SSSR count). The maximum Gasteiger partial charge on any atom is 0.131 e. The molecule has 18 heavy (non-hydrogen) atoms. The summed E-state index contributed by atoms with van der Waals surface area (Å²) >= 11 is 21.3. The molecule has 0 radical (unpaired) electrons. The highest BCUT2D eigenvalue weighted by atomic mass is 79.9. The maximum absolute atomic E-state index is 13.9. The van der Waals surface area contributed by atoms with Gasteiger partial charge in [0.05, 0.1) is 10.0 Å². The topological polar surface area (TPSA) is 0 Å². The summed E-state index contributed by atoms with van der Waals surface area (Å²) in [5.41, 5.74) is 1.83. The standard InChI is InChI=1S/C13H7BrCl3F/c14-6-7-1-2-12(18)9(3-7)10-4-8(15)5-11(16)13(10)17/h1-5H,6H2. The molecule has 0 nitrogen and oxygen atoms in total. The fraction of sp³-hybridized carbons (Fsp3) is 0.0769. The van der Waals surface area contributed by atoms with Crippen molar-refractivity contribution in [3.63, 3.8) is 0 Å². The van der Waals surface area contributed by atoms with E-state index in [1.165, 1.54) is 12.1 Å². The summed E-state index contributed by atoms with van der Waals surface area (Å²) in [5.74, 6) is -0.361. The lowest BCUT2D eigenvalue weighted by Gasteiger charge is -2.09. The fourth-order valence-corrected chi connectivity index (χ4v) is 2.67. The highest BCUT2D eigenvalue weighted by molar-refractivity contribution is 9.08. The molecule has 94 valence electrons. The Labute approximate surface area is 128 Å². The third kappa shape index (κ3) is 2.83. The average Bonchev–Trinajstić information content (AvgIpc) is 2.34. The van der Waals surface area contributed by atoms with Crippen LogP contribution < -0.4 is 0 Å². The van der Waals surface area contributed by atoms with Gasteiger partial charge in [0.15, 0.2) is 0 Å². The minimum absolute atomic E-state index is 0.298. The summed E-state index contributed by atoms with van der Waals surface area (Å²) in [4.78, 5) is 0. The van der Waals surface area contributed by atoms with Crippen molar-refractivity contribution in [3.05, 3.63) is 56.8 Å². The van der Waals surface area contributed by atoms with Crippen molar-refractivity contribution in [2.45, 2.75) is 5.33 Å². The molecule has 0 atom stereocenters. The summed E-state index contributed by atoms with van der Waals surface area (Å²) in [6, 6.07) is 7.95. The molecule has 0 aliphatic heterocycles. The van der Waals surface area contributed by atoms with Gasteiger partial charge in [-0.3, -0.25) is 0 Å². The van der Waals surface area contributed by atoms with E-state index in [4.69, 9.17) is 34.8 Å². The van der Waals surface area contributed by atoms with Gasteiger partial charge in [-0.05, 0) is 29.8 Å². The van der Waals surface area contributed by atoms with E-state index in [9.17, 15) is 4.39 Å². The summed E-state index contributed by atoms with van der Waals surface area (Å²) < 4.78 is 13.9. The van der Waals surface area contributed by atoms with Crippen LogP contribution in [0, 0.1) is 5.82 Å². The molecule has 2 aromatic rings. The first kappa shape index (κ1) is 14.1. The molecule has 0 heterocycles. The Balaban J connectivity index is 2.68. The van der Waals surface area contributed by atoms with Crippen LogP contribution in [-0.2, 0) is 5.33 Å². The van der Waals surface area contributed by atoms with Crippen LogP contribution in [0.3, 0.4) is 0 Å². The summed E-state index contributed by atoms with van der Waals surface area (Å²) in [7, 11) is 0. The zero-order valence-electron chi connectivity index (χ0n) is 8.98. The van der Waals surface area contributed by atoms with Crippen molar-refractivity contribution in [2.24, 2.45) is 0 Å². The second kappa shape index (κ2) is 5.79. The van der Waals surface area contributed by atoms with Crippen molar-refractivity contribution in [1.82, 2.24) is 0 Å². The van der Waals surface area contributed by atoms with Gasteiger partial charge in [-0.1, -0.05) is 56.8 Å². The second-order valence-corrected chi connectivity index (χ2v) is 5.48. The molecule has 0 aliphatic carbocycles. The van der Waals surface area contributed by atoms with Crippen LogP contribution in [0.1, 0.15) is 5.56 Å². The minimum Gasteiger partial charge on any atom is -0.206 e. The monoisotopic (exact) mass is 366 g/mol. The maximum atomic E-state index is 13.9. The molecule has 0 saturated heterocycles. The van der Waals surface area contributed by atoms with E-state index in [0.29, 0.717) is 31.5 Å². The molecule has 0 aliphatic rings. The van der Waals surface area contributed by atoms with Gasteiger partial charge in [0, 0.05) is 21.5 Å². The lowest BCUT2D eigenvalue weighted by Crippen LogP contribution is -1.89. The first-order valence-electron chi connectivity index (χ1n) is 5.02. The van der Waals surface area contributed by atoms with Gasteiger partial charge in [-0.25, -0.2) is 4.39 Å². The fourth-order valence-electron chi connectivity index (χ4n) is 1.61. The van der Waals surface area contributed by atoms with Crippen molar-refractivity contribution >= 4 is 50.7 Å². The first-order valence-corrected chi connectivity index (χ1v) is 7.27. The Morgan fingerprint density at radius 1 is 1.00 bits per heavy atom. The average molecular weight is 368 g/mol. The third-order valence-corrected chi connectivity index (χ3v) is 4.14. The van der Waals surface area contributed by atoms with Crippen LogP contribution in [0.15, 0.2) is 30.3 Å². The number of alkyl halides is 1. The smallest absolute Gasteiger partial charge is 0.131 e. The quantitative estimate of drug-likeness (QED) is 0.428. The van der Waals surface area contributed by atoms with Crippen molar-refractivity contribution in [1.29, 1.82) is 0 Å². The zero-order chi connectivity index (χ0) is 13.3. The van der Waals surface area contributed by atoms with Crippen molar-refractivity contribution < 1.29 is 4.39 Å². The van der Waals surface area contributed by atoms with Gasteiger partial charge < -0.3 is 0 Å². The minimum atomic E-state index is -0.361. The Kier molecular flexibility index (Phi) is 4.54. The van der Waals surface area contributed by atoms with Gasteiger partial charge in [0.1, 0.15) is 5.82 Å². The van der Waals surface area contributed by atoms with Crippen molar-refractivity contribution in [3.8, 4) is 11.1 Å². The number of rotatable bonds is 2. The van der Waals surface area contributed by atoms with Gasteiger partial charge in [-0.15, -0.1) is 0 Å². The van der Waals surface area contributed by atoms with Crippen LogP contribution in [0.5, 0.6) is 0 Å². The molecule has 0 N–H and O–H groups in total. The van der Waals surface area contributed by atoms with Gasteiger partial charge in [0.2, 0.25) is 0 Å². The van der Waals surface area contributed by atoms with Crippen LogP contribution in [0.25, 0.3) is 11.1 Å². The van der Waals surface area contributed by atoms with Crippen molar-refractivity contribution in [2.75, 3.05) is 0 Å². The second-order valence-electron chi connectivity index (χ2n) is 3.70. The summed E-state index contributed by atoms with van der Waals surface area (Å²) in [6.07, 6.45) is 0. The molecule has 0 fully saturated rings. The molecular weight excluding hydrogens is 361 g/mol. The van der Waals surface area contributed by atoms with Gasteiger partial charge in [-0.2, -0.15) is 0 Å². The molecule has 0 bridgehead atoms. The lowest BCUT2D eigenvalue weighted by molar-refractivity contribution is 0.631. The van der Waals surface area contributed by atoms with Gasteiger partial charge in [0.25, 0.3) is 0 Å². The molecule has 0 amide bonds. The highest BCUT2D eigenvalue weighted by Crippen LogP contribution is 2.37. The molecular formula is C13H7BrCl3F. The Morgan fingerprint density at radius 3 is 2.39 bits per heavy atom. The number of halogens is 5. The van der Waals surface area contributed by atoms with E-state index >= 15 is 0 Å². The number of hydrogen-bond donors (Lipinski definition) is 0. The Bertz CT molecular complexity index is 599. The molecule has 5 heteroatoms. The zero-order valence-corrected chi connectivity index (χ0v) is 12.8. The van der Waals surface area contributed by atoms with Crippen LogP contribution in [0.2, 0.25) is 15.1 Å². The molecule has 0 unspecified atom stereocenters. The Hall–Kier alpha value is -0.280. The summed E-state index contributed by atoms with van der Waals surface area (Å²) in [6.45, 7) is 0. The predicted molar refractivity (Wildman–Crippen MR) is 79.5 cm³/mol.